The van der Waals surface area contributed by atoms with Gasteiger partial charge in [-0.15, -0.1) is 0 Å². The molecule has 0 saturated carbocycles. The number of anilines is 1. The zero-order valence-electron chi connectivity index (χ0n) is 11.5. The van der Waals surface area contributed by atoms with E-state index in [4.69, 9.17) is 4.74 Å². The van der Waals surface area contributed by atoms with Gasteiger partial charge in [-0.25, -0.2) is 19.9 Å². The highest BCUT2D eigenvalue weighted by atomic mass is 16.5. The molecular formula is C14H17N5O. The lowest BCUT2D eigenvalue weighted by atomic mass is 10.1. The van der Waals surface area contributed by atoms with Gasteiger partial charge in [0.05, 0.1) is 18.9 Å². The van der Waals surface area contributed by atoms with E-state index in [9.17, 15) is 0 Å². The summed E-state index contributed by atoms with van der Waals surface area (Å²) in [6, 6.07) is 1.82. The number of aromatic nitrogens is 4. The van der Waals surface area contributed by atoms with Crippen molar-refractivity contribution >= 4 is 5.82 Å². The van der Waals surface area contributed by atoms with Crippen LogP contribution < -0.4 is 5.32 Å². The first kappa shape index (κ1) is 12.9. The van der Waals surface area contributed by atoms with Crippen LogP contribution >= 0.6 is 0 Å². The predicted octanol–water partition coefficient (Wildman–Crippen LogP) is 1.83. The van der Waals surface area contributed by atoms with E-state index in [-0.39, 0.29) is 0 Å². The minimum Gasteiger partial charge on any atom is -0.376 e. The Balaban J connectivity index is 2.03. The average molecular weight is 271 g/mol. The molecule has 0 amide bonds. The zero-order valence-corrected chi connectivity index (χ0v) is 11.5. The Hall–Kier alpha value is -2.08. The molecule has 6 heteroatoms. The molecule has 1 aliphatic rings. The summed E-state index contributed by atoms with van der Waals surface area (Å²) in [5, 5.41) is 3.36. The molecule has 1 N–H and O–H groups in total. The van der Waals surface area contributed by atoms with E-state index >= 15 is 0 Å². The number of nitrogens with zero attached hydrogens (tertiary/aromatic N) is 4. The highest BCUT2D eigenvalue weighted by molar-refractivity contribution is 5.56. The van der Waals surface area contributed by atoms with Crippen molar-refractivity contribution in [3.63, 3.8) is 0 Å². The molecule has 0 atom stereocenters. The van der Waals surface area contributed by atoms with E-state index in [1.165, 1.54) is 6.33 Å². The fourth-order valence-corrected chi connectivity index (χ4v) is 2.16. The monoisotopic (exact) mass is 271 g/mol. The van der Waals surface area contributed by atoms with Crippen LogP contribution in [0.1, 0.15) is 24.6 Å². The Labute approximate surface area is 117 Å². The average Bonchev–Trinajstić information content (AvgIpc) is 2.53. The molecule has 0 bridgehead atoms. The highest BCUT2D eigenvalue weighted by Crippen LogP contribution is 2.25. The van der Waals surface area contributed by atoms with Crippen LogP contribution in [0.3, 0.4) is 0 Å². The second-order valence-corrected chi connectivity index (χ2v) is 4.65. The zero-order chi connectivity index (χ0) is 13.8. The maximum atomic E-state index is 5.52. The van der Waals surface area contributed by atoms with E-state index in [1.54, 1.807) is 6.20 Å². The Morgan fingerprint density at radius 3 is 3.10 bits per heavy atom. The first-order chi connectivity index (χ1) is 9.88. The molecule has 0 aromatic carbocycles. The van der Waals surface area contributed by atoms with Gasteiger partial charge in [0.15, 0.2) is 5.82 Å². The lowest BCUT2D eigenvalue weighted by molar-refractivity contribution is 0.109. The van der Waals surface area contributed by atoms with Crippen LogP contribution in [-0.2, 0) is 17.8 Å². The van der Waals surface area contributed by atoms with Crippen molar-refractivity contribution in [3.8, 4) is 11.5 Å². The fraction of sp³-hybridized carbons (Fsp3) is 0.429. The van der Waals surface area contributed by atoms with Crippen LogP contribution in [0.25, 0.3) is 11.5 Å². The lowest BCUT2D eigenvalue weighted by Gasteiger charge is -2.20. The van der Waals surface area contributed by atoms with Crippen molar-refractivity contribution in [2.24, 2.45) is 0 Å². The van der Waals surface area contributed by atoms with Crippen molar-refractivity contribution in [3.05, 3.63) is 29.8 Å². The SMILES string of the molecule is CCCNc1nc(-c2ccncn2)nc2c1COCC2. The quantitative estimate of drug-likeness (QED) is 0.914. The third kappa shape index (κ3) is 2.60. The van der Waals surface area contributed by atoms with E-state index < -0.39 is 0 Å². The van der Waals surface area contributed by atoms with Crippen molar-refractivity contribution < 1.29 is 4.74 Å². The van der Waals surface area contributed by atoms with Gasteiger partial charge in [0.25, 0.3) is 0 Å². The van der Waals surface area contributed by atoms with Gasteiger partial charge < -0.3 is 10.1 Å². The summed E-state index contributed by atoms with van der Waals surface area (Å²) in [4.78, 5) is 17.4. The maximum Gasteiger partial charge on any atom is 0.180 e. The minimum atomic E-state index is 0.575. The lowest BCUT2D eigenvalue weighted by Crippen LogP contribution is -2.17. The predicted molar refractivity (Wildman–Crippen MR) is 75.2 cm³/mol. The normalized spacial score (nSPS) is 13.8. The van der Waals surface area contributed by atoms with E-state index in [0.29, 0.717) is 19.0 Å². The van der Waals surface area contributed by atoms with E-state index in [1.807, 2.05) is 6.07 Å². The Bertz CT molecular complexity index is 588. The third-order valence-electron chi connectivity index (χ3n) is 3.18. The molecule has 3 heterocycles. The molecule has 104 valence electrons. The summed E-state index contributed by atoms with van der Waals surface area (Å²) in [5.41, 5.74) is 2.87. The van der Waals surface area contributed by atoms with Gasteiger partial charge in [0.2, 0.25) is 0 Å². The minimum absolute atomic E-state index is 0.575. The van der Waals surface area contributed by atoms with E-state index in [0.717, 1.165) is 42.2 Å². The van der Waals surface area contributed by atoms with Crippen molar-refractivity contribution in [1.82, 2.24) is 19.9 Å². The number of nitrogens with one attached hydrogen (secondary N) is 1. The topological polar surface area (TPSA) is 72.8 Å². The van der Waals surface area contributed by atoms with Crippen molar-refractivity contribution in [1.29, 1.82) is 0 Å². The van der Waals surface area contributed by atoms with Gasteiger partial charge in [-0.2, -0.15) is 0 Å². The van der Waals surface area contributed by atoms with Crippen LogP contribution in [0.15, 0.2) is 18.6 Å². The van der Waals surface area contributed by atoms with Crippen LogP contribution in [0.2, 0.25) is 0 Å². The van der Waals surface area contributed by atoms with Crippen molar-refractivity contribution in [2.45, 2.75) is 26.4 Å². The van der Waals surface area contributed by atoms with Gasteiger partial charge in [-0.05, 0) is 12.5 Å². The first-order valence-corrected chi connectivity index (χ1v) is 6.86. The second kappa shape index (κ2) is 5.92. The molecule has 0 saturated heterocycles. The number of ether oxygens (including phenoxy) is 1. The molecule has 0 unspecified atom stereocenters. The molecular weight excluding hydrogens is 254 g/mol. The molecule has 2 aromatic heterocycles. The molecule has 0 radical (unpaired) electrons. The molecule has 0 fully saturated rings. The maximum absolute atomic E-state index is 5.52. The molecule has 2 aromatic rings. The summed E-state index contributed by atoms with van der Waals surface area (Å²) in [6.45, 7) is 4.29. The number of hydrogen-bond acceptors (Lipinski definition) is 6. The third-order valence-corrected chi connectivity index (χ3v) is 3.18. The molecule has 6 nitrogen and oxygen atoms in total. The van der Waals surface area contributed by atoms with Gasteiger partial charge >= 0.3 is 0 Å². The number of hydrogen-bond donors (Lipinski definition) is 1. The summed E-state index contributed by atoms with van der Waals surface area (Å²) in [5.74, 6) is 1.51. The fourth-order valence-electron chi connectivity index (χ4n) is 2.16. The van der Waals surface area contributed by atoms with Gasteiger partial charge in [0.1, 0.15) is 17.8 Å². The Kier molecular flexibility index (Phi) is 3.83. The molecule has 0 aliphatic carbocycles. The van der Waals surface area contributed by atoms with Crippen LogP contribution in [0.5, 0.6) is 0 Å². The Morgan fingerprint density at radius 2 is 2.30 bits per heavy atom. The molecule has 20 heavy (non-hydrogen) atoms. The molecule has 0 spiro atoms. The standard InChI is InChI=1S/C14H17N5O/c1-2-5-16-13-10-8-20-7-4-11(10)18-14(19-13)12-3-6-15-9-17-12/h3,6,9H,2,4-5,7-8H2,1H3,(H,16,18,19). The first-order valence-electron chi connectivity index (χ1n) is 6.86. The Morgan fingerprint density at radius 1 is 1.35 bits per heavy atom. The van der Waals surface area contributed by atoms with Crippen LogP contribution in [-0.4, -0.2) is 33.1 Å². The summed E-state index contributed by atoms with van der Waals surface area (Å²) < 4.78 is 5.52. The van der Waals surface area contributed by atoms with Gasteiger partial charge in [-0.1, -0.05) is 6.92 Å². The number of rotatable bonds is 4. The van der Waals surface area contributed by atoms with E-state index in [2.05, 4.69) is 32.2 Å². The summed E-state index contributed by atoms with van der Waals surface area (Å²) in [7, 11) is 0. The molecule has 3 rings (SSSR count). The van der Waals surface area contributed by atoms with Crippen LogP contribution in [0.4, 0.5) is 5.82 Å². The smallest absolute Gasteiger partial charge is 0.180 e. The van der Waals surface area contributed by atoms with Crippen LogP contribution in [0, 0.1) is 0 Å². The highest BCUT2D eigenvalue weighted by Gasteiger charge is 2.19. The number of fused-ring (bicyclic) bond motifs is 1. The largest absolute Gasteiger partial charge is 0.376 e. The summed E-state index contributed by atoms with van der Waals surface area (Å²) >= 11 is 0. The van der Waals surface area contributed by atoms with Gasteiger partial charge in [0, 0.05) is 24.7 Å². The van der Waals surface area contributed by atoms with Crippen molar-refractivity contribution in [2.75, 3.05) is 18.5 Å². The second-order valence-electron chi connectivity index (χ2n) is 4.65. The summed E-state index contributed by atoms with van der Waals surface area (Å²) in [6.07, 6.45) is 5.08. The van der Waals surface area contributed by atoms with Gasteiger partial charge in [-0.3, -0.25) is 0 Å². The molecule has 1 aliphatic heterocycles.